The van der Waals surface area contributed by atoms with E-state index in [2.05, 4.69) is 0 Å². The minimum absolute atomic E-state index is 0.0244. The first-order valence-electron chi connectivity index (χ1n) is 7.78. The molecule has 5 nitrogen and oxygen atoms in total. The summed E-state index contributed by atoms with van der Waals surface area (Å²) in [7, 11) is -2.91. The lowest BCUT2D eigenvalue weighted by atomic mass is 10.0. The van der Waals surface area contributed by atoms with E-state index in [-0.39, 0.29) is 23.0 Å². The van der Waals surface area contributed by atoms with Gasteiger partial charge in [0.15, 0.2) is 9.84 Å². The molecule has 2 aromatic rings. The second-order valence-electron chi connectivity index (χ2n) is 6.16. The van der Waals surface area contributed by atoms with Crippen LogP contribution >= 0.6 is 0 Å². The Hall–Kier alpha value is -1.82. The predicted molar refractivity (Wildman–Crippen MR) is 88.9 cm³/mol. The number of rotatable bonds is 4. The number of sulfone groups is 1. The van der Waals surface area contributed by atoms with Crippen LogP contribution in [0.4, 0.5) is 0 Å². The summed E-state index contributed by atoms with van der Waals surface area (Å²) in [6.07, 6.45) is 1.33. The Morgan fingerprint density at radius 3 is 2.74 bits per heavy atom. The summed E-state index contributed by atoms with van der Waals surface area (Å²) >= 11 is 0. The van der Waals surface area contributed by atoms with Crippen LogP contribution in [0.3, 0.4) is 0 Å². The molecule has 6 heteroatoms. The predicted octanol–water partition coefficient (Wildman–Crippen LogP) is 2.48. The third-order valence-electron chi connectivity index (χ3n) is 4.22. The third-order valence-corrected chi connectivity index (χ3v) is 6.05. The van der Waals surface area contributed by atoms with E-state index in [0.717, 1.165) is 16.5 Å². The number of hydrogen-bond donors (Lipinski definition) is 0. The van der Waals surface area contributed by atoms with Crippen LogP contribution in [0.1, 0.15) is 24.5 Å². The molecule has 23 heavy (non-hydrogen) atoms. The van der Waals surface area contributed by atoms with Gasteiger partial charge in [0.1, 0.15) is 11.3 Å². The van der Waals surface area contributed by atoms with E-state index in [1.54, 1.807) is 0 Å². The van der Waals surface area contributed by atoms with Crippen molar-refractivity contribution in [3.8, 4) is 5.75 Å². The molecule has 3 rings (SSSR count). The molecule has 1 aromatic heterocycles. The molecule has 0 amide bonds. The van der Waals surface area contributed by atoms with Crippen molar-refractivity contribution in [2.45, 2.75) is 26.7 Å². The fraction of sp³-hybridized carbons (Fsp3) is 0.471. The van der Waals surface area contributed by atoms with Gasteiger partial charge >= 0.3 is 5.63 Å². The average Bonchev–Trinajstić information content (AvgIpc) is 2.82. The lowest BCUT2D eigenvalue weighted by Gasteiger charge is -2.14. The fourth-order valence-corrected chi connectivity index (χ4v) is 4.91. The summed E-state index contributed by atoms with van der Waals surface area (Å²) in [6.45, 7) is 4.24. The van der Waals surface area contributed by atoms with E-state index in [1.165, 1.54) is 6.07 Å². The van der Waals surface area contributed by atoms with E-state index in [1.807, 2.05) is 26.0 Å². The molecule has 124 valence electrons. The highest BCUT2D eigenvalue weighted by atomic mass is 32.2. The van der Waals surface area contributed by atoms with Crippen LogP contribution in [0.25, 0.3) is 11.0 Å². The Morgan fingerprint density at radius 1 is 1.30 bits per heavy atom. The molecule has 1 aliphatic rings. The highest BCUT2D eigenvalue weighted by Gasteiger charge is 2.28. The molecule has 0 N–H and O–H groups in total. The minimum atomic E-state index is -2.91. The van der Waals surface area contributed by atoms with Gasteiger partial charge in [-0.05, 0) is 43.0 Å². The maximum atomic E-state index is 11.7. The Kier molecular flexibility index (Phi) is 4.19. The van der Waals surface area contributed by atoms with E-state index >= 15 is 0 Å². The zero-order valence-electron chi connectivity index (χ0n) is 13.3. The summed E-state index contributed by atoms with van der Waals surface area (Å²) in [4.78, 5) is 11.7. The summed E-state index contributed by atoms with van der Waals surface area (Å²) in [6, 6.07) is 5.22. The van der Waals surface area contributed by atoms with Gasteiger partial charge in [0.2, 0.25) is 0 Å². The summed E-state index contributed by atoms with van der Waals surface area (Å²) in [5.41, 5.74) is 1.96. The number of ether oxygens (including phenoxy) is 1. The standard InChI is InChI=1S/C17H20O5S/c1-3-13-8-16(18)22-15-7-11(2)6-14(17(13)15)21-9-12-4-5-23(19,20)10-12/h6-8,12H,3-5,9-10H2,1-2H3. The Balaban J connectivity index is 1.95. The number of hydrogen-bond acceptors (Lipinski definition) is 5. The molecule has 1 atom stereocenters. The molecule has 0 bridgehead atoms. The van der Waals surface area contributed by atoms with Crippen molar-refractivity contribution in [3.05, 3.63) is 39.7 Å². The van der Waals surface area contributed by atoms with Crippen LogP contribution in [0.15, 0.2) is 27.4 Å². The largest absolute Gasteiger partial charge is 0.492 e. The van der Waals surface area contributed by atoms with E-state index in [9.17, 15) is 13.2 Å². The Bertz CT molecular complexity index is 895. The molecule has 1 unspecified atom stereocenters. The number of aryl methyl sites for hydroxylation is 2. The minimum Gasteiger partial charge on any atom is -0.492 e. The van der Waals surface area contributed by atoms with Gasteiger partial charge < -0.3 is 9.15 Å². The second kappa shape index (κ2) is 6.00. The SMILES string of the molecule is CCc1cc(=O)oc2cc(C)cc(OCC3CCS(=O)(=O)C3)c12. The maximum Gasteiger partial charge on any atom is 0.336 e. The molecule has 2 heterocycles. The Labute approximate surface area is 135 Å². The lowest BCUT2D eigenvalue weighted by molar-refractivity contribution is 0.265. The van der Waals surface area contributed by atoms with Gasteiger partial charge in [-0.2, -0.15) is 0 Å². The van der Waals surface area contributed by atoms with Gasteiger partial charge in [0.05, 0.1) is 23.5 Å². The van der Waals surface area contributed by atoms with E-state index in [4.69, 9.17) is 9.15 Å². The van der Waals surface area contributed by atoms with Gasteiger partial charge in [-0.15, -0.1) is 0 Å². The van der Waals surface area contributed by atoms with Gasteiger partial charge in [0.25, 0.3) is 0 Å². The first-order chi connectivity index (χ1) is 10.9. The number of fused-ring (bicyclic) bond motifs is 1. The zero-order valence-corrected chi connectivity index (χ0v) is 14.1. The van der Waals surface area contributed by atoms with Crippen LogP contribution in [0, 0.1) is 12.8 Å². The molecule has 1 fully saturated rings. The van der Waals surface area contributed by atoms with Crippen molar-refractivity contribution in [3.63, 3.8) is 0 Å². The van der Waals surface area contributed by atoms with Crippen LogP contribution in [-0.4, -0.2) is 26.5 Å². The van der Waals surface area contributed by atoms with Crippen molar-refractivity contribution in [1.29, 1.82) is 0 Å². The highest BCUT2D eigenvalue weighted by molar-refractivity contribution is 7.91. The summed E-state index contributed by atoms with van der Waals surface area (Å²) in [5.74, 6) is 1.11. The molecule has 1 aromatic carbocycles. The second-order valence-corrected chi connectivity index (χ2v) is 8.39. The smallest absolute Gasteiger partial charge is 0.336 e. The zero-order chi connectivity index (χ0) is 16.6. The van der Waals surface area contributed by atoms with Crippen molar-refractivity contribution in [2.75, 3.05) is 18.1 Å². The molecule has 1 aliphatic heterocycles. The fourth-order valence-electron chi connectivity index (χ4n) is 3.07. The number of benzene rings is 1. The van der Waals surface area contributed by atoms with Crippen molar-refractivity contribution >= 4 is 20.8 Å². The van der Waals surface area contributed by atoms with E-state index < -0.39 is 9.84 Å². The van der Waals surface area contributed by atoms with Crippen LogP contribution in [0.5, 0.6) is 5.75 Å². The molecule has 0 saturated carbocycles. The first kappa shape index (κ1) is 16.1. The Morgan fingerprint density at radius 2 is 2.09 bits per heavy atom. The van der Waals surface area contributed by atoms with Gasteiger partial charge in [0, 0.05) is 12.0 Å². The molecule has 0 spiro atoms. The van der Waals surface area contributed by atoms with Gasteiger partial charge in [-0.25, -0.2) is 13.2 Å². The van der Waals surface area contributed by atoms with Gasteiger partial charge in [-0.3, -0.25) is 0 Å². The van der Waals surface area contributed by atoms with Crippen LogP contribution in [0.2, 0.25) is 0 Å². The van der Waals surface area contributed by atoms with Gasteiger partial charge in [-0.1, -0.05) is 6.92 Å². The van der Waals surface area contributed by atoms with Crippen molar-refractivity contribution < 1.29 is 17.6 Å². The van der Waals surface area contributed by atoms with E-state index in [0.29, 0.717) is 30.8 Å². The molecular weight excluding hydrogens is 316 g/mol. The third kappa shape index (κ3) is 3.42. The normalized spacial score (nSPS) is 20.0. The van der Waals surface area contributed by atoms with Crippen LogP contribution < -0.4 is 10.4 Å². The quantitative estimate of drug-likeness (QED) is 0.802. The first-order valence-corrected chi connectivity index (χ1v) is 9.60. The monoisotopic (exact) mass is 336 g/mol. The van der Waals surface area contributed by atoms with Crippen molar-refractivity contribution in [2.24, 2.45) is 5.92 Å². The molecular formula is C17H20O5S. The molecule has 0 radical (unpaired) electrons. The highest BCUT2D eigenvalue weighted by Crippen LogP contribution is 2.31. The van der Waals surface area contributed by atoms with Crippen LogP contribution in [-0.2, 0) is 16.3 Å². The summed E-state index contributed by atoms with van der Waals surface area (Å²) < 4.78 is 34.3. The maximum absolute atomic E-state index is 11.7. The average molecular weight is 336 g/mol. The van der Waals surface area contributed by atoms with Crippen molar-refractivity contribution in [1.82, 2.24) is 0 Å². The summed E-state index contributed by atoms with van der Waals surface area (Å²) in [5, 5.41) is 0.804. The lowest BCUT2D eigenvalue weighted by Crippen LogP contribution is -2.14. The molecule has 1 saturated heterocycles. The molecule has 0 aliphatic carbocycles. The topological polar surface area (TPSA) is 73.6 Å².